The second-order valence-corrected chi connectivity index (χ2v) is 2.62. The third-order valence-electron chi connectivity index (χ3n) is 1.77. The van der Waals surface area contributed by atoms with Crippen LogP contribution in [0.2, 0.25) is 0 Å². The van der Waals surface area contributed by atoms with Crippen LogP contribution in [0.4, 0.5) is 0 Å². The smallest absolute Gasteiger partial charge is 1.00 e. The maximum Gasteiger partial charge on any atom is 1.00 e. The SMILES string of the molecule is CCC(CC)C(=O)NCC(=O)O.[H-].[Na+]. The van der Waals surface area contributed by atoms with Crippen LogP contribution in [0.3, 0.4) is 0 Å². The molecule has 0 aromatic rings. The van der Waals surface area contributed by atoms with Crippen molar-refractivity contribution in [3.63, 3.8) is 0 Å². The summed E-state index contributed by atoms with van der Waals surface area (Å²) in [5.41, 5.74) is 0. The summed E-state index contributed by atoms with van der Waals surface area (Å²) in [4.78, 5) is 21.2. The Labute approximate surface area is 102 Å². The van der Waals surface area contributed by atoms with Crippen LogP contribution >= 0.6 is 0 Å². The van der Waals surface area contributed by atoms with Crippen LogP contribution in [0.1, 0.15) is 28.1 Å². The molecule has 0 radical (unpaired) electrons. The molecule has 0 rings (SSSR count). The Morgan fingerprint density at radius 1 is 1.38 bits per heavy atom. The van der Waals surface area contributed by atoms with Crippen molar-refractivity contribution in [2.75, 3.05) is 6.54 Å². The zero-order valence-corrected chi connectivity index (χ0v) is 10.5. The molecule has 0 saturated carbocycles. The number of carboxylic acid groups (broad SMARTS) is 1. The van der Waals surface area contributed by atoms with Crippen LogP contribution < -0.4 is 34.9 Å². The van der Waals surface area contributed by atoms with E-state index in [4.69, 9.17) is 5.11 Å². The first-order chi connectivity index (χ1) is 5.61. The Morgan fingerprint density at radius 2 is 1.85 bits per heavy atom. The summed E-state index contributed by atoms with van der Waals surface area (Å²) in [6.07, 6.45) is 1.50. The topological polar surface area (TPSA) is 66.4 Å². The van der Waals surface area contributed by atoms with Crippen molar-refractivity contribution in [1.29, 1.82) is 0 Å². The van der Waals surface area contributed by atoms with Gasteiger partial charge in [-0.3, -0.25) is 9.59 Å². The van der Waals surface area contributed by atoms with Crippen LogP contribution in [0, 0.1) is 5.92 Å². The maximum absolute atomic E-state index is 11.1. The number of carbonyl (C=O) groups is 2. The van der Waals surface area contributed by atoms with Gasteiger partial charge in [-0.2, -0.15) is 0 Å². The average Bonchev–Trinajstić information content (AvgIpc) is 2.03. The van der Waals surface area contributed by atoms with Crippen molar-refractivity contribution in [2.45, 2.75) is 26.7 Å². The maximum atomic E-state index is 11.1. The standard InChI is InChI=1S/C8H15NO3.Na.H/c1-3-6(4-2)8(12)9-5-7(10)11;;/h6H,3-5H2,1-2H3,(H,9,12)(H,10,11);;/q;+1;-1. The number of nitrogens with one attached hydrogen (secondary N) is 1. The molecule has 0 fully saturated rings. The van der Waals surface area contributed by atoms with Gasteiger partial charge in [0.15, 0.2) is 0 Å². The van der Waals surface area contributed by atoms with E-state index in [1.165, 1.54) is 0 Å². The summed E-state index contributed by atoms with van der Waals surface area (Å²) >= 11 is 0. The molecule has 0 heterocycles. The second-order valence-electron chi connectivity index (χ2n) is 2.62. The van der Waals surface area contributed by atoms with Crippen LogP contribution in [-0.4, -0.2) is 23.5 Å². The molecular weight excluding hydrogens is 181 g/mol. The minimum atomic E-state index is -1.01. The third kappa shape index (κ3) is 7.05. The minimum absolute atomic E-state index is 0. The third-order valence-corrected chi connectivity index (χ3v) is 1.77. The fourth-order valence-corrected chi connectivity index (χ4v) is 0.967. The largest absolute Gasteiger partial charge is 1.00 e. The van der Waals surface area contributed by atoms with E-state index in [-0.39, 0.29) is 49.4 Å². The number of hydrogen-bond acceptors (Lipinski definition) is 2. The predicted octanol–water partition coefficient (Wildman–Crippen LogP) is -2.26. The van der Waals surface area contributed by atoms with Gasteiger partial charge in [-0.1, -0.05) is 13.8 Å². The van der Waals surface area contributed by atoms with E-state index in [9.17, 15) is 9.59 Å². The molecule has 0 bridgehead atoms. The summed E-state index contributed by atoms with van der Waals surface area (Å²) in [5, 5.41) is 10.6. The number of amides is 1. The molecule has 0 spiro atoms. The molecule has 4 nitrogen and oxygen atoms in total. The van der Waals surface area contributed by atoms with Crippen molar-refractivity contribution in [1.82, 2.24) is 5.32 Å². The van der Waals surface area contributed by atoms with Crippen molar-refractivity contribution in [3.05, 3.63) is 0 Å². The van der Waals surface area contributed by atoms with E-state index in [1.54, 1.807) is 0 Å². The molecule has 0 atom stereocenters. The number of carbonyl (C=O) groups excluding carboxylic acids is 1. The summed E-state index contributed by atoms with van der Waals surface area (Å²) in [6, 6.07) is 0. The Bertz CT molecular complexity index is 174. The first-order valence-corrected chi connectivity index (χ1v) is 4.11. The summed E-state index contributed by atoms with van der Waals surface area (Å²) in [7, 11) is 0. The van der Waals surface area contributed by atoms with Crippen molar-refractivity contribution in [2.24, 2.45) is 5.92 Å². The molecule has 0 aliphatic rings. The molecule has 0 saturated heterocycles. The first-order valence-electron chi connectivity index (χ1n) is 4.11. The zero-order valence-electron chi connectivity index (χ0n) is 9.46. The van der Waals surface area contributed by atoms with Crippen molar-refractivity contribution in [3.8, 4) is 0 Å². The van der Waals surface area contributed by atoms with E-state index in [0.717, 1.165) is 12.8 Å². The fraction of sp³-hybridized carbons (Fsp3) is 0.750. The Hall–Kier alpha value is -0.0600. The van der Waals surface area contributed by atoms with Gasteiger partial charge in [-0.15, -0.1) is 0 Å². The second kappa shape index (κ2) is 8.53. The number of carboxylic acids is 1. The fourth-order valence-electron chi connectivity index (χ4n) is 0.967. The van der Waals surface area contributed by atoms with Gasteiger partial charge >= 0.3 is 35.5 Å². The molecular formula is C8H16NNaO3. The summed E-state index contributed by atoms with van der Waals surface area (Å²) < 4.78 is 0. The molecule has 0 aliphatic heterocycles. The van der Waals surface area contributed by atoms with Crippen molar-refractivity contribution >= 4 is 11.9 Å². The van der Waals surface area contributed by atoms with Gasteiger partial charge in [0.25, 0.3) is 0 Å². The molecule has 0 aromatic heterocycles. The molecule has 13 heavy (non-hydrogen) atoms. The van der Waals surface area contributed by atoms with E-state index in [0.29, 0.717) is 0 Å². The van der Waals surface area contributed by atoms with E-state index < -0.39 is 5.97 Å². The first kappa shape index (κ1) is 15.4. The van der Waals surface area contributed by atoms with E-state index in [1.807, 2.05) is 13.8 Å². The molecule has 0 unspecified atom stereocenters. The quantitative estimate of drug-likeness (QED) is 0.489. The van der Waals surface area contributed by atoms with Gasteiger partial charge in [-0.25, -0.2) is 0 Å². The zero-order chi connectivity index (χ0) is 9.56. The van der Waals surface area contributed by atoms with Gasteiger partial charge in [-0.05, 0) is 12.8 Å². The molecule has 1 amide bonds. The van der Waals surface area contributed by atoms with Crippen LogP contribution in [0.5, 0.6) is 0 Å². The Morgan fingerprint density at radius 3 is 2.15 bits per heavy atom. The van der Waals surface area contributed by atoms with Gasteiger partial charge in [0.05, 0.1) is 0 Å². The van der Waals surface area contributed by atoms with Crippen molar-refractivity contribution < 1.29 is 45.7 Å². The van der Waals surface area contributed by atoms with E-state index >= 15 is 0 Å². The number of rotatable bonds is 5. The molecule has 0 aliphatic carbocycles. The van der Waals surface area contributed by atoms with Gasteiger partial charge < -0.3 is 11.8 Å². The normalized spacial score (nSPS) is 9.15. The van der Waals surface area contributed by atoms with Gasteiger partial charge in [0, 0.05) is 5.92 Å². The molecule has 0 aromatic carbocycles. The molecule has 72 valence electrons. The predicted molar refractivity (Wildman–Crippen MR) is 45.8 cm³/mol. The number of aliphatic carboxylic acids is 1. The monoisotopic (exact) mass is 197 g/mol. The average molecular weight is 197 g/mol. The van der Waals surface area contributed by atoms with Crippen LogP contribution in [0.25, 0.3) is 0 Å². The van der Waals surface area contributed by atoms with Gasteiger partial charge in [0.2, 0.25) is 5.91 Å². The summed E-state index contributed by atoms with van der Waals surface area (Å²) in [5.74, 6) is -1.22. The van der Waals surface area contributed by atoms with Gasteiger partial charge in [0.1, 0.15) is 6.54 Å². The molecule has 5 heteroatoms. The Kier molecular flexibility index (Phi) is 10.1. The summed E-state index contributed by atoms with van der Waals surface area (Å²) in [6.45, 7) is 3.54. The van der Waals surface area contributed by atoms with Crippen LogP contribution in [-0.2, 0) is 9.59 Å². The number of hydrogen-bond donors (Lipinski definition) is 2. The minimum Gasteiger partial charge on any atom is -1.00 e. The molecule has 2 N–H and O–H groups in total. The van der Waals surface area contributed by atoms with E-state index in [2.05, 4.69) is 5.32 Å². The van der Waals surface area contributed by atoms with Crippen LogP contribution in [0.15, 0.2) is 0 Å². The Balaban J connectivity index is -0.000000605.